The van der Waals surface area contributed by atoms with Gasteiger partial charge in [0.2, 0.25) is 0 Å². The van der Waals surface area contributed by atoms with Gasteiger partial charge in [-0.05, 0) is 48.9 Å². The number of benzene rings is 2. The predicted octanol–water partition coefficient (Wildman–Crippen LogP) is 3.82. The summed E-state index contributed by atoms with van der Waals surface area (Å²) >= 11 is 3.87. The van der Waals surface area contributed by atoms with Gasteiger partial charge < -0.3 is 19.3 Å². The van der Waals surface area contributed by atoms with E-state index in [1.54, 1.807) is 43.3 Å². The Morgan fingerprint density at radius 1 is 1.16 bits per heavy atom. The summed E-state index contributed by atoms with van der Waals surface area (Å²) in [6.07, 6.45) is -1.87. The van der Waals surface area contributed by atoms with E-state index in [4.69, 9.17) is 19.5 Å². The maximum Gasteiger partial charge on any atom is 0.412 e. The number of aromatic hydroxyl groups is 1. The van der Waals surface area contributed by atoms with Crippen molar-refractivity contribution in [2.24, 2.45) is 0 Å². The molecule has 2 aromatic rings. The van der Waals surface area contributed by atoms with Crippen LogP contribution in [0.3, 0.4) is 0 Å². The number of phenolic OH excluding ortho intramolecular Hbond substituents is 1. The number of rotatable bonds is 10. The minimum atomic E-state index is -0.825. The van der Waals surface area contributed by atoms with E-state index >= 15 is 0 Å². The highest BCUT2D eigenvalue weighted by Gasteiger charge is 2.28. The molecule has 0 bridgehead atoms. The number of nitrogens with zero attached hydrogens (tertiary/aromatic N) is 1. The molecule has 2 rings (SSSR count). The third kappa shape index (κ3) is 7.85. The maximum atomic E-state index is 12.6. The molecule has 0 radical (unpaired) electrons. The Morgan fingerprint density at radius 2 is 1.84 bits per heavy atom. The Bertz CT molecular complexity index is 896. The quantitative estimate of drug-likeness (QED) is 0.377. The molecule has 2 N–H and O–H groups in total. The van der Waals surface area contributed by atoms with Gasteiger partial charge in [-0.25, -0.2) is 4.79 Å². The molecule has 2 atom stereocenters. The zero-order valence-corrected chi connectivity index (χ0v) is 17.9. The van der Waals surface area contributed by atoms with Crippen molar-refractivity contribution in [2.75, 3.05) is 24.3 Å². The summed E-state index contributed by atoms with van der Waals surface area (Å²) in [7, 11) is 0. The molecule has 0 saturated heterocycles. The molecule has 1 amide bonds. The molecular formula is C22H24N2O6S. The predicted molar refractivity (Wildman–Crippen MR) is 117 cm³/mol. The molecule has 0 aliphatic heterocycles. The number of nitrogens with one attached hydrogen (secondary N) is 1. The second kappa shape index (κ2) is 12.5. The highest BCUT2D eigenvalue weighted by Crippen LogP contribution is 2.28. The maximum absolute atomic E-state index is 12.6. The number of carbonyl (C=O) groups is 2. The average molecular weight is 445 g/mol. The van der Waals surface area contributed by atoms with Gasteiger partial charge >= 0.3 is 12.1 Å². The largest absolute Gasteiger partial charge is 0.508 e. The average Bonchev–Trinajstić information content (AvgIpc) is 2.78. The van der Waals surface area contributed by atoms with Gasteiger partial charge in [-0.1, -0.05) is 12.1 Å². The Balaban J connectivity index is 2.17. The van der Waals surface area contributed by atoms with E-state index in [1.807, 2.05) is 6.07 Å². The monoisotopic (exact) mass is 444 g/mol. The Labute approximate surface area is 186 Å². The Hall–Kier alpha value is -3.22. The fourth-order valence-corrected chi connectivity index (χ4v) is 2.88. The molecule has 2 aromatic carbocycles. The Kier molecular flexibility index (Phi) is 9.68. The minimum Gasteiger partial charge on any atom is -0.508 e. The lowest BCUT2D eigenvalue weighted by atomic mass is 10.0. The first-order chi connectivity index (χ1) is 15.0. The van der Waals surface area contributed by atoms with Crippen LogP contribution in [0.2, 0.25) is 0 Å². The van der Waals surface area contributed by atoms with Gasteiger partial charge in [-0.15, -0.1) is 0 Å². The number of hydrogen-bond acceptors (Lipinski definition) is 8. The van der Waals surface area contributed by atoms with Crippen LogP contribution in [0.1, 0.15) is 30.6 Å². The highest BCUT2D eigenvalue weighted by molar-refractivity contribution is 7.81. The van der Waals surface area contributed by atoms with E-state index in [0.717, 1.165) is 0 Å². The number of ether oxygens (including phenoxy) is 3. The fourth-order valence-electron chi connectivity index (χ4n) is 2.78. The van der Waals surface area contributed by atoms with Crippen molar-refractivity contribution >= 4 is 30.4 Å². The summed E-state index contributed by atoms with van der Waals surface area (Å²) in [5.41, 5.74) is 1.53. The third-order valence-electron chi connectivity index (χ3n) is 4.23. The number of anilines is 1. The molecule has 0 spiro atoms. The van der Waals surface area contributed by atoms with Gasteiger partial charge in [0.15, 0.2) is 6.10 Å². The smallest absolute Gasteiger partial charge is 0.412 e. The minimum absolute atomic E-state index is 0.0375. The van der Waals surface area contributed by atoms with Gasteiger partial charge in [-0.3, -0.25) is 10.1 Å². The molecule has 0 heterocycles. The van der Waals surface area contributed by atoms with Crippen LogP contribution in [0, 0.1) is 11.3 Å². The van der Waals surface area contributed by atoms with Gasteiger partial charge in [0.25, 0.3) is 0 Å². The van der Waals surface area contributed by atoms with Crippen molar-refractivity contribution in [3.8, 4) is 11.8 Å². The zero-order valence-electron chi connectivity index (χ0n) is 17.0. The van der Waals surface area contributed by atoms with E-state index < -0.39 is 24.3 Å². The van der Waals surface area contributed by atoms with Crippen LogP contribution in [0.5, 0.6) is 5.75 Å². The van der Waals surface area contributed by atoms with Crippen LogP contribution in [0.15, 0.2) is 48.5 Å². The van der Waals surface area contributed by atoms with Crippen molar-refractivity contribution in [2.45, 2.75) is 25.6 Å². The van der Waals surface area contributed by atoms with Crippen LogP contribution in [-0.4, -0.2) is 42.2 Å². The molecule has 8 nitrogen and oxygen atoms in total. The van der Waals surface area contributed by atoms with Crippen molar-refractivity contribution in [3.05, 3.63) is 59.7 Å². The molecule has 0 aromatic heterocycles. The number of esters is 1. The molecule has 0 fully saturated rings. The lowest BCUT2D eigenvalue weighted by Crippen LogP contribution is -2.30. The highest BCUT2D eigenvalue weighted by atomic mass is 32.1. The second-order valence-corrected chi connectivity index (χ2v) is 6.71. The third-order valence-corrected chi connectivity index (χ3v) is 4.49. The van der Waals surface area contributed by atoms with Gasteiger partial charge in [0.05, 0.1) is 24.0 Å². The van der Waals surface area contributed by atoms with Crippen molar-refractivity contribution in [1.82, 2.24) is 0 Å². The summed E-state index contributed by atoms with van der Waals surface area (Å²) in [5.74, 6) is -0.427. The van der Waals surface area contributed by atoms with E-state index in [1.165, 1.54) is 12.1 Å². The van der Waals surface area contributed by atoms with Crippen LogP contribution in [0.4, 0.5) is 10.5 Å². The summed E-state index contributed by atoms with van der Waals surface area (Å²) in [6.45, 7) is 2.22. The fraction of sp³-hybridized carbons (Fsp3) is 0.318. The van der Waals surface area contributed by atoms with E-state index in [9.17, 15) is 14.7 Å². The van der Waals surface area contributed by atoms with Crippen molar-refractivity contribution < 1.29 is 28.9 Å². The SMILES string of the molecule is CCO[C@@H](CCOC(=O)CS)[C@@H](OC(=O)Nc1ccc(C#N)cc1)c1ccc(O)cc1. The number of phenols is 1. The zero-order chi connectivity index (χ0) is 22.6. The molecule has 0 saturated carbocycles. The first-order valence-corrected chi connectivity index (χ1v) is 10.2. The normalized spacial score (nSPS) is 12.3. The van der Waals surface area contributed by atoms with Gasteiger partial charge in [0, 0.05) is 18.7 Å². The molecule has 0 aliphatic rings. The van der Waals surface area contributed by atoms with Crippen molar-refractivity contribution in [3.63, 3.8) is 0 Å². The van der Waals surface area contributed by atoms with Crippen LogP contribution < -0.4 is 5.32 Å². The molecule has 9 heteroatoms. The molecular weight excluding hydrogens is 420 g/mol. The number of carbonyl (C=O) groups excluding carboxylic acids is 2. The second-order valence-electron chi connectivity index (χ2n) is 6.39. The van der Waals surface area contributed by atoms with E-state index in [2.05, 4.69) is 17.9 Å². The summed E-state index contributed by atoms with van der Waals surface area (Å²) in [4.78, 5) is 23.9. The lowest BCUT2D eigenvalue weighted by Gasteiger charge is -2.27. The standard InChI is InChI=1S/C22H24N2O6S/c1-2-28-19(11-12-29-20(26)14-31)21(16-5-9-18(25)10-6-16)30-22(27)24-17-7-3-15(13-23)4-8-17/h3-10,19,21,25,31H,2,11-12,14H2,1H3,(H,24,27)/t19-,21-/m0/s1. The number of thiol groups is 1. The number of nitriles is 1. The number of hydrogen-bond donors (Lipinski definition) is 3. The summed E-state index contributed by atoms with van der Waals surface area (Å²) in [5, 5.41) is 21.1. The lowest BCUT2D eigenvalue weighted by molar-refractivity contribution is -0.142. The van der Waals surface area contributed by atoms with E-state index in [-0.39, 0.29) is 24.5 Å². The van der Waals surface area contributed by atoms with Crippen LogP contribution >= 0.6 is 12.6 Å². The first-order valence-electron chi connectivity index (χ1n) is 9.61. The Morgan fingerprint density at radius 3 is 2.42 bits per heavy atom. The van der Waals surface area contributed by atoms with E-state index in [0.29, 0.717) is 23.4 Å². The van der Waals surface area contributed by atoms with Gasteiger partial charge in [-0.2, -0.15) is 17.9 Å². The molecule has 31 heavy (non-hydrogen) atoms. The molecule has 164 valence electrons. The van der Waals surface area contributed by atoms with Crippen LogP contribution in [0.25, 0.3) is 0 Å². The molecule has 0 unspecified atom stereocenters. The topological polar surface area (TPSA) is 118 Å². The molecule has 0 aliphatic carbocycles. The summed E-state index contributed by atoms with van der Waals surface area (Å²) in [6, 6.07) is 14.5. The number of amides is 1. The first kappa shape index (κ1) is 24.1. The van der Waals surface area contributed by atoms with Crippen LogP contribution in [-0.2, 0) is 19.0 Å². The summed E-state index contributed by atoms with van der Waals surface area (Å²) < 4.78 is 16.5. The van der Waals surface area contributed by atoms with Gasteiger partial charge in [0.1, 0.15) is 11.9 Å². The van der Waals surface area contributed by atoms with Crippen molar-refractivity contribution in [1.29, 1.82) is 5.26 Å².